The van der Waals surface area contributed by atoms with Crippen molar-refractivity contribution in [1.29, 1.82) is 0 Å². The van der Waals surface area contributed by atoms with Gasteiger partial charge in [0, 0.05) is 54.9 Å². The maximum atomic E-state index is 8.93. The minimum Gasteiger partial charge on any atom is -0.500 e. The Balaban J connectivity index is 0.000000241. The molecule has 0 saturated heterocycles. The summed E-state index contributed by atoms with van der Waals surface area (Å²) in [5, 5.41) is 5.39. The number of thiophene rings is 1. The SMILES string of the molecule is Cc1ccc(-c2[c-]cccc2)nc1.[2H]C(C)(C)c1cc(-c2[c-]ccc3c2oc2c4ccsc4ccc32)ncc1-c1c(C)cccc1C.[Ir]. The number of hydrogen-bond acceptors (Lipinski definition) is 4. The zero-order valence-electron chi connectivity index (χ0n) is 27.9. The molecule has 0 aliphatic heterocycles. The van der Waals surface area contributed by atoms with Crippen molar-refractivity contribution in [3.63, 3.8) is 0 Å². The van der Waals surface area contributed by atoms with Gasteiger partial charge in [0.15, 0.2) is 0 Å². The molecule has 4 aromatic heterocycles. The number of benzene rings is 4. The number of rotatable bonds is 4. The minimum absolute atomic E-state index is 0. The molecule has 0 saturated carbocycles. The fourth-order valence-electron chi connectivity index (χ4n) is 6.06. The van der Waals surface area contributed by atoms with Crippen LogP contribution >= 0.6 is 11.3 Å². The number of hydrogen-bond donors (Lipinski definition) is 0. The van der Waals surface area contributed by atoms with Crippen LogP contribution in [-0.4, -0.2) is 9.97 Å². The molecule has 0 unspecified atom stereocenters. The fourth-order valence-corrected chi connectivity index (χ4v) is 6.84. The van der Waals surface area contributed by atoms with Gasteiger partial charge < -0.3 is 14.4 Å². The minimum atomic E-state index is -0.799. The quantitative estimate of drug-likeness (QED) is 0.166. The molecule has 0 spiro atoms. The zero-order valence-corrected chi connectivity index (χ0v) is 30.1. The fraction of sp³-hybridized carbons (Fsp3) is 0.143. The summed E-state index contributed by atoms with van der Waals surface area (Å²) in [7, 11) is 0. The molecule has 0 amide bonds. The van der Waals surface area contributed by atoms with Crippen LogP contribution in [-0.2, 0) is 20.1 Å². The van der Waals surface area contributed by atoms with Crippen molar-refractivity contribution in [2.24, 2.45) is 0 Å². The monoisotopic (exact) mass is 808 g/mol. The van der Waals surface area contributed by atoms with Crippen molar-refractivity contribution >= 4 is 43.4 Å². The maximum Gasteiger partial charge on any atom is 0.129 e. The molecule has 4 heterocycles. The Morgan fingerprint density at radius 1 is 0.745 bits per heavy atom. The third kappa shape index (κ3) is 6.32. The van der Waals surface area contributed by atoms with E-state index in [-0.39, 0.29) is 20.1 Å². The standard InChI is InChI=1S/C30H24NOS.C12H10N.Ir/c1-17(2)24-15-26(31-16-25(24)28-18(3)7-5-8-19(28)4)22-10-6-9-20-21-11-12-27-23(13-14-33-27)30(21)32-29(20)22;1-10-7-8-12(13-9-10)11-5-3-2-4-6-11;/h5-9,11-17H,1-4H3;2-5,7-9H,1H3;/q2*-1;/i17D;;. The predicted octanol–water partition coefficient (Wildman–Crippen LogP) is 11.9. The molecule has 0 fully saturated rings. The summed E-state index contributed by atoms with van der Waals surface area (Å²) in [5.41, 5.74) is 12.0. The van der Waals surface area contributed by atoms with Gasteiger partial charge in [0.25, 0.3) is 0 Å². The van der Waals surface area contributed by atoms with Crippen LogP contribution in [0.1, 0.15) is 43.4 Å². The second kappa shape index (κ2) is 13.8. The van der Waals surface area contributed by atoms with Gasteiger partial charge >= 0.3 is 0 Å². The van der Waals surface area contributed by atoms with E-state index in [1.165, 1.54) is 21.4 Å². The molecule has 8 rings (SSSR count). The van der Waals surface area contributed by atoms with Gasteiger partial charge in [-0.2, -0.15) is 0 Å². The summed E-state index contributed by atoms with van der Waals surface area (Å²) in [6.07, 6.45) is 3.79. The van der Waals surface area contributed by atoms with E-state index in [1.807, 2.05) is 75.6 Å². The first-order valence-electron chi connectivity index (χ1n) is 15.9. The van der Waals surface area contributed by atoms with Crippen molar-refractivity contribution in [3.8, 4) is 33.6 Å². The van der Waals surface area contributed by atoms with Gasteiger partial charge in [-0.05, 0) is 83.4 Å². The van der Waals surface area contributed by atoms with Crippen LogP contribution < -0.4 is 0 Å². The summed E-state index contributed by atoms with van der Waals surface area (Å²) in [6.45, 7) is 10.1. The smallest absolute Gasteiger partial charge is 0.129 e. The number of furan rings is 1. The average molecular weight is 808 g/mol. The number of nitrogens with zero attached hydrogens (tertiary/aromatic N) is 2. The van der Waals surface area contributed by atoms with E-state index < -0.39 is 5.89 Å². The van der Waals surface area contributed by atoms with Crippen molar-refractivity contribution in [2.45, 2.75) is 40.5 Å². The molecule has 3 nitrogen and oxygen atoms in total. The largest absolute Gasteiger partial charge is 0.500 e. The van der Waals surface area contributed by atoms with Crippen LogP contribution in [0.15, 0.2) is 113 Å². The second-order valence-corrected chi connectivity index (χ2v) is 12.8. The molecule has 0 bridgehead atoms. The van der Waals surface area contributed by atoms with E-state index in [1.54, 1.807) is 11.3 Å². The Morgan fingerprint density at radius 3 is 2.26 bits per heavy atom. The molecule has 0 aliphatic carbocycles. The third-order valence-electron chi connectivity index (χ3n) is 8.38. The first-order valence-corrected chi connectivity index (χ1v) is 16.3. The third-order valence-corrected chi connectivity index (χ3v) is 9.26. The normalized spacial score (nSPS) is 11.6. The number of aryl methyl sites for hydroxylation is 3. The average Bonchev–Trinajstić information content (AvgIpc) is 3.70. The molecule has 8 aromatic rings. The summed E-state index contributed by atoms with van der Waals surface area (Å²) < 4.78 is 16.6. The van der Waals surface area contributed by atoms with E-state index in [2.05, 4.69) is 84.9 Å². The Bertz CT molecular complexity index is 2350. The van der Waals surface area contributed by atoms with Gasteiger partial charge in [-0.1, -0.05) is 67.3 Å². The molecule has 5 heteroatoms. The van der Waals surface area contributed by atoms with E-state index in [4.69, 9.17) is 10.8 Å². The molecule has 0 N–H and O–H groups in total. The van der Waals surface area contributed by atoms with Gasteiger partial charge in [-0.3, -0.25) is 0 Å². The van der Waals surface area contributed by atoms with E-state index in [0.29, 0.717) is 0 Å². The van der Waals surface area contributed by atoms with Gasteiger partial charge in [-0.15, -0.1) is 65.4 Å². The van der Waals surface area contributed by atoms with Crippen LogP contribution in [0.3, 0.4) is 0 Å². The van der Waals surface area contributed by atoms with Gasteiger partial charge in [0.05, 0.1) is 5.58 Å². The van der Waals surface area contributed by atoms with Gasteiger partial charge in [0.1, 0.15) is 5.58 Å². The van der Waals surface area contributed by atoms with Crippen LogP contribution in [0, 0.1) is 32.9 Å². The number of aromatic nitrogens is 2. The summed E-state index contributed by atoms with van der Waals surface area (Å²) in [4.78, 5) is 9.20. The molecular weight excluding hydrogens is 773 g/mol. The first kappa shape index (κ1) is 31.2. The van der Waals surface area contributed by atoms with Crippen molar-refractivity contribution in [1.82, 2.24) is 9.97 Å². The predicted molar refractivity (Wildman–Crippen MR) is 193 cm³/mol. The van der Waals surface area contributed by atoms with Crippen LogP contribution in [0.2, 0.25) is 0 Å². The summed E-state index contributed by atoms with van der Waals surface area (Å²) >= 11 is 1.72. The first-order chi connectivity index (χ1) is 22.7. The Morgan fingerprint density at radius 2 is 1.53 bits per heavy atom. The maximum absolute atomic E-state index is 8.93. The Kier molecular flexibility index (Phi) is 9.13. The van der Waals surface area contributed by atoms with Crippen LogP contribution in [0.4, 0.5) is 0 Å². The van der Waals surface area contributed by atoms with E-state index in [0.717, 1.165) is 66.5 Å². The topological polar surface area (TPSA) is 38.9 Å². The van der Waals surface area contributed by atoms with Crippen LogP contribution in [0.25, 0.3) is 65.7 Å². The van der Waals surface area contributed by atoms with Gasteiger partial charge in [0.2, 0.25) is 0 Å². The molecule has 0 aliphatic rings. The van der Waals surface area contributed by atoms with Gasteiger partial charge in [-0.25, -0.2) is 0 Å². The van der Waals surface area contributed by atoms with Crippen molar-refractivity contribution < 1.29 is 25.9 Å². The molecule has 47 heavy (non-hydrogen) atoms. The Labute approximate surface area is 295 Å². The molecule has 0 atom stereocenters. The number of pyridine rings is 2. The van der Waals surface area contributed by atoms with Crippen LogP contribution in [0.5, 0.6) is 0 Å². The van der Waals surface area contributed by atoms with Crippen molar-refractivity contribution in [2.75, 3.05) is 0 Å². The van der Waals surface area contributed by atoms with E-state index >= 15 is 0 Å². The number of fused-ring (bicyclic) bond motifs is 5. The molecule has 1 radical (unpaired) electrons. The van der Waals surface area contributed by atoms with E-state index in [9.17, 15) is 0 Å². The zero-order chi connectivity index (χ0) is 32.7. The second-order valence-electron chi connectivity index (χ2n) is 11.9. The summed E-state index contributed by atoms with van der Waals surface area (Å²) in [6, 6.07) is 37.2. The summed E-state index contributed by atoms with van der Waals surface area (Å²) in [5.74, 6) is -0.799. The molecule has 4 aromatic carbocycles. The Hall–Kier alpha value is -4.41. The molecular formula is C42H34IrN2OS-2. The van der Waals surface area contributed by atoms with Crippen molar-refractivity contribution in [3.05, 3.63) is 143 Å². The molecule has 235 valence electrons.